The second kappa shape index (κ2) is 5.56. The molecule has 0 spiro atoms. The first-order chi connectivity index (χ1) is 5.11. The van der Waals surface area contributed by atoms with Crippen molar-refractivity contribution in [1.82, 2.24) is 5.32 Å². The van der Waals surface area contributed by atoms with E-state index in [1.807, 2.05) is 6.92 Å². The fraction of sp³-hybridized carbons (Fsp3) is 1.00. The number of nitrogens with one attached hydrogen (secondary N) is 1. The third-order valence-corrected chi connectivity index (χ3v) is 2.04. The van der Waals surface area contributed by atoms with E-state index in [-0.39, 0.29) is 6.23 Å². The molecule has 0 saturated heterocycles. The summed E-state index contributed by atoms with van der Waals surface area (Å²) in [4.78, 5) is 0. The van der Waals surface area contributed by atoms with E-state index in [1.54, 1.807) is 0 Å². The monoisotopic (exact) mass is 159 g/mol. The summed E-state index contributed by atoms with van der Waals surface area (Å²) in [6.07, 6.45) is 1.53. The molecule has 0 aliphatic carbocycles. The highest BCUT2D eigenvalue weighted by molar-refractivity contribution is 4.69. The van der Waals surface area contributed by atoms with Gasteiger partial charge in [-0.1, -0.05) is 27.7 Å². The minimum atomic E-state index is -0.331. The zero-order chi connectivity index (χ0) is 8.85. The van der Waals surface area contributed by atoms with Gasteiger partial charge in [0.1, 0.15) is 6.23 Å². The van der Waals surface area contributed by atoms with Crippen molar-refractivity contribution in [3.63, 3.8) is 0 Å². The van der Waals surface area contributed by atoms with Crippen LogP contribution in [0.25, 0.3) is 0 Å². The molecule has 68 valence electrons. The molecule has 2 nitrogen and oxygen atoms in total. The molecule has 0 fully saturated rings. The Hall–Kier alpha value is -0.0800. The number of hydrogen-bond acceptors (Lipinski definition) is 2. The van der Waals surface area contributed by atoms with Crippen molar-refractivity contribution in [2.45, 2.75) is 52.8 Å². The van der Waals surface area contributed by atoms with Gasteiger partial charge in [0.2, 0.25) is 0 Å². The van der Waals surface area contributed by atoms with Gasteiger partial charge >= 0.3 is 0 Å². The molecule has 2 heteroatoms. The Morgan fingerprint density at radius 3 is 2.00 bits per heavy atom. The largest absolute Gasteiger partial charge is 0.379 e. The lowest BCUT2D eigenvalue weighted by molar-refractivity contribution is 0.107. The zero-order valence-corrected chi connectivity index (χ0v) is 8.09. The fourth-order valence-electron chi connectivity index (χ4n) is 1.15. The SMILES string of the molecule is CCC(O)NC(CC)C(C)C. The van der Waals surface area contributed by atoms with Crippen LogP contribution in [0.15, 0.2) is 0 Å². The maximum atomic E-state index is 9.30. The van der Waals surface area contributed by atoms with Crippen LogP contribution in [0.1, 0.15) is 40.5 Å². The summed E-state index contributed by atoms with van der Waals surface area (Å²) in [6.45, 7) is 8.46. The third-order valence-electron chi connectivity index (χ3n) is 2.04. The van der Waals surface area contributed by atoms with Crippen molar-refractivity contribution < 1.29 is 5.11 Å². The van der Waals surface area contributed by atoms with Gasteiger partial charge in [0.15, 0.2) is 0 Å². The summed E-state index contributed by atoms with van der Waals surface area (Å²) in [7, 11) is 0. The lowest BCUT2D eigenvalue weighted by Crippen LogP contribution is -2.40. The first-order valence-electron chi connectivity index (χ1n) is 4.55. The van der Waals surface area contributed by atoms with Gasteiger partial charge in [-0.25, -0.2) is 0 Å². The second-order valence-electron chi connectivity index (χ2n) is 3.35. The predicted molar refractivity (Wildman–Crippen MR) is 48.4 cm³/mol. The Morgan fingerprint density at radius 1 is 1.18 bits per heavy atom. The van der Waals surface area contributed by atoms with E-state index in [0.717, 1.165) is 12.8 Å². The van der Waals surface area contributed by atoms with Gasteiger partial charge in [-0.15, -0.1) is 0 Å². The topological polar surface area (TPSA) is 32.3 Å². The molecule has 0 bridgehead atoms. The molecule has 11 heavy (non-hydrogen) atoms. The zero-order valence-electron chi connectivity index (χ0n) is 8.09. The Kier molecular flexibility index (Phi) is 5.51. The molecule has 0 aliphatic heterocycles. The summed E-state index contributed by atoms with van der Waals surface area (Å²) in [5.74, 6) is 0.598. The summed E-state index contributed by atoms with van der Waals surface area (Å²) < 4.78 is 0. The van der Waals surface area contributed by atoms with Crippen LogP contribution in [0, 0.1) is 5.92 Å². The summed E-state index contributed by atoms with van der Waals surface area (Å²) >= 11 is 0. The van der Waals surface area contributed by atoms with Crippen LogP contribution in [0.5, 0.6) is 0 Å². The lowest BCUT2D eigenvalue weighted by Gasteiger charge is -2.23. The Balaban J connectivity index is 3.68. The van der Waals surface area contributed by atoms with Gasteiger partial charge in [0.05, 0.1) is 0 Å². The molecule has 0 radical (unpaired) electrons. The lowest BCUT2D eigenvalue weighted by atomic mass is 10.0. The molecular formula is C9H21NO. The van der Waals surface area contributed by atoms with E-state index in [1.165, 1.54) is 0 Å². The van der Waals surface area contributed by atoms with Gasteiger partial charge < -0.3 is 5.11 Å². The summed E-state index contributed by atoms with van der Waals surface area (Å²) in [5, 5.41) is 12.5. The van der Waals surface area contributed by atoms with Crippen LogP contribution in [-0.2, 0) is 0 Å². The molecule has 0 aromatic heterocycles. The van der Waals surface area contributed by atoms with Crippen molar-refractivity contribution in [3.8, 4) is 0 Å². The Labute approximate surface area is 70.0 Å². The number of hydrogen-bond donors (Lipinski definition) is 2. The molecule has 0 aromatic rings. The quantitative estimate of drug-likeness (QED) is 0.599. The first-order valence-corrected chi connectivity index (χ1v) is 4.55. The molecule has 2 unspecified atom stereocenters. The fourth-order valence-corrected chi connectivity index (χ4v) is 1.15. The molecule has 0 heterocycles. The normalized spacial score (nSPS) is 16.9. The van der Waals surface area contributed by atoms with Crippen molar-refractivity contribution in [2.24, 2.45) is 5.92 Å². The van der Waals surface area contributed by atoms with Crippen LogP contribution in [0.2, 0.25) is 0 Å². The van der Waals surface area contributed by atoms with Crippen molar-refractivity contribution in [1.29, 1.82) is 0 Å². The van der Waals surface area contributed by atoms with Crippen molar-refractivity contribution >= 4 is 0 Å². The van der Waals surface area contributed by atoms with Gasteiger partial charge in [0.25, 0.3) is 0 Å². The Bertz CT molecular complexity index is 93.6. The standard InChI is InChI=1S/C9H21NO/c1-5-8(7(3)4)10-9(11)6-2/h7-11H,5-6H2,1-4H3. The van der Waals surface area contributed by atoms with E-state index in [9.17, 15) is 5.11 Å². The number of rotatable bonds is 5. The predicted octanol–water partition coefficient (Wildman–Crippen LogP) is 1.74. The molecule has 2 N–H and O–H groups in total. The highest BCUT2D eigenvalue weighted by Crippen LogP contribution is 2.06. The average Bonchev–Trinajstić information content (AvgIpc) is 1.99. The average molecular weight is 159 g/mol. The minimum Gasteiger partial charge on any atom is -0.379 e. The summed E-state index contributed by atoms with van der Waals surface area (Å²) in [5.41, 5.74) is 0. The highest BCUT2D eigenvalue weighted by Gasteiger charge is 2.12. The molecule has 0 aromatic carbocycles. The van der Waals surface area contributed by atoms with Crippen LogP contribution < -0.4 is 5.32 Å². The summed E-state index contributed by atoms with van der Waals surface area (Å²) in [6, 6.07) is 0.449. The van der Waals surface area contributed by atoms with E-state index >= 15 is 0 Å². The molecule has 0 rings (SSSR count). The van der Waals surface area contributed by atoms with Gasteiger partial charge in [-0.3, -0.25) is 5.32 Å². The molecular weight excluding hydrogens is 138 g/mol. The first kappa shape index (κ1) is 10.9. The molecule has 0 amide bonds. The van der Waals surface area contributed by atoms with Crippen molar-refractivity contribution in [3.05, 3.63) is 0 Å². The second-order valence-corrected chi connectivity index (χ2v) is 3.35. The smallest absolute Gasteiger partial charge is 0.104 e. The molecule has 0 aliphatic rings. The number of aliphatic hydroxyl groups excluding tert-OH is 1. The van der Waals surface area contributed by atoms with E-state index < -0.39 is 0 Å². The third kappa shape index (κ3) is 4.38. The van der Waals surface area contributed by atoms with Crippen molar-refractivity contribution in [2.75, 3.05) is 0 Å². The van der Waals surface area contributed by atoms with Gasteiger partial charge in [0, 0.05) is 6.04 Å². The van der Waals surface area contributed by atoms with E-state index in [0.29, 0.717) is 12.0 Å². The maximum absolute atomic E-state index is 9.30. The van der Waals surface area contributed by atoms with Gasteiger partial charge in [-0.2, -0.15) is 0 Å². The maximum Gasteiger partial charge on any atom is 0.104 e. The Morgan fingerprint density at radius 2 is 1.73 bits per heavy atom. The van der Waals surface area contributed by atoms with E-state index in [4.69, 9.17) is 0 Å². The van der Waals surface area contributed by atoms with Crippen LogP contribution in [0.4, 0.5) is 0 Å². The molecule has 0 saturated carbocycles. The number of aliphatic hydroxyl groups is 1. The molecule has 2 atom stereocenters. The minimum absolute atomic E-state index is 0.331. The highest BCUT2D eigenvalue weighted by atomic mass is 16.3. The van der Waals surface area contributed by atoms with Crippen LogP contribution >= 0.6 is 0 Å². The van der Waals surface area contributed by atoms with E-state index in [2.05, 4.69) is 26.1 Å². The van der Waals surface area contributed by atoms with Gasteiger partial charge in [-0.05, 0) is 18.8 Å². The van der Waals surface area contributed by atoms with Crippen LogP contribution in [0.3, 0.4) is 0 Å². The van der Waals surface area contributed by atoms with Crippen LogP contribution in [-0.4, -0.2) is 17.4 Å².